The number of aliphatic hydroxyl groups is 1. The normalized spacial score (nSPS) is 15.7. The van der Waals surface area contributed by atoms with Crippen LogP contribution in [0.15, 0.2) is 23.2 Å². The molecule has 1 fully saturated rings. The van der Waals surface area contributed by atoms with Gasteiger partial charge in [-0.05, 0) is 50.5 Å². The van der Waals surface area contributed by atoms with E-state index in [1.807, 2.05) is 12.1 Å². The van der Waals surface area contributed by atoms with Crippen LogP contribution in [0.1, 0.15) is 57.6 Å². The van der Waals surface area contributed by atoms with Gasteiger partial charge < -0.3 is 30.2 Å². The number of aryl methyl sites for hydroxylation is 1. The van der Waals surface area contributed by atoms with Crippen LogP contribution in [0.3, 0.4) is 0 Å². The molecule has 0 saturated heterocycles. The number of rotatable bonds is 11. The molecule has 0 amide bonds. The van der Waals surface area contributed by atoms with Crippen LogP contribution in [-0.2, 0) is 6.42 Å². The molecule has 1 aliphatic carbocycles. The molecule has 0 atom stereocenters. The van der Waals surface area contributed by atoms with Gasteiger partial charge in [0.1, 0.15) is 11.5 Å². The predicted octanol–water partition coefficient (Wildman–Crippen LogP) is 4.62. The Morgan fingerprint density at radius 2 is 1.91 bits per heavy atom. The second-order valence-corrected chi connectivity index (χ2v) is 8.85. The van der Waals surface area contributed by atoms with Gasteiger partial charge in [0.05, 0.1) is 19.7 Å². The van der Waals surface area contributed by atoms with Crippen LogP contribution >= 0.6 is 24.0 Å². The molecule has 3 rings (SSSR count). The molecule has 1 aliphatic rings. The maximum Gasteiger partial charge on any atom is 0.191 e. The van der Waals surface area contributed by atoms with Gasteiger partial charge in [-0.3, -0.25) is 4.99 Å². The molecular weight excluding hydrogens is 531 g/mol. The number of benzene rings is 1. The number of methoxy groups -OCH3 is 2. The fourth-order valence-electron chi connectivity index (χ4n) is 4.76. The van der Waals surface area contributed by atoms with E-state index in [0.29, 0.717) is 0 Å². The highest BCUT2D eigenvalue weighted by Gasteiger charge is 2.31. The first-order valence-corrected chi connectivity index (χ1v) is 12.0. The molecule has 0 bridgehead atoms. The largest absolute Gasteiger partial charge is 0.497 e. The van der Waals surface area contributed by atoms with E-state index in [2.05, 4.69) is 28.6 Å². The van der Waals surface area contributed by atoms with Gasteiger partial charge in [0.15, 0.2) is 5.96 Å². The maximum absolute atomic E-state index is 9.55. The lowest BCUT2D eigenvalue weighted by Gasteiger charge is -2.35. The van der Waals surface area contributed by atoms with Gasteiger partial charge >= 0.3 is 0 Å². The van der Waals surface area contributed by atoms with E-state index in [4.69, 9.17) is 14.5 Å². The first kappa shape index (κ1) is 27.6. The van der Waals surface area contributed by atoms with Crippen LogP contribution < -0.4 is 20.1 Å². The molecule has 7 nitrogen and oxygen atoms in total. The summed E-state index contributed by atoms with van der Waals surface area (Å²) < 4.78 is 10.9. The highest BCUT2D eigenvalue weighted by atomic mass is 127. The number of fused-ring (bicyclic) bond motifs is 1. The Kier molecular flexibility index (Phi) is 11.6. The van der Waals surface area contributed by atoms with Crippen molar-refractivity contribution in [3.63, 3.8) is 0 Å². The average Bonchev–Trinajstić information content (AvgIpc) is 3.23. The Hall–Kier alpha value is -1.68. The number of ether oxygens (including phenoxy) is 2. The van der Waals surface area contributed by atoms with Gasteiger partial charge in [0.2, 0.25) is 0 Å². The summed E-state index contributed by atoms with van der Waals surface area (Å²) >= 11 is 0. The van der Waals surface area contributed by atoms with Crippen molar-refractivity contribution < 1.29 is 14.6 Å². The molecule has 1 saturated carbocycles. The summed E-state index contributed by atoms with van der Waals surface area (Å²) in [5, 5.41) is 17.5. The lowest BCUT2D eigenvalue weighted by atomic mass is 9.72. The van der Waals surface area contributed by atoms with Crippen molar-refractivity contribution in [2.45, 2.75) is 58.3 Å². The molecule has 1 aromatic carbocycles. The Labute approximate surface area is 215 Å². The van der Waals surface area contributed by atoms with Crippen molar-refractivity contribution in [3.8, 4) is 11.5 Å². The van der Waals surface area contributed by atoms with Crippen LogP contribution in [0.2, 0.25) is 0 Å². The summed E-state index contributed by atoms with van der Waals surface area (Å²) in [4.78, 5) is 8.38. The highest BCUT2D eigenvalue weighted by Crippen LogP contribution is 2.39. The topological polar surface area (TPSA) is 90.9 Å². The smallest absolute Gasteiger partial charge is 0.191 e. The van der Waals surface area contributed by atoms with Gasteiger partial charge in [-0.1, -0.05) is 19.3 Å². The maximum atomic E-state index is 9.55. The molecule has 0 radical (unpaired) electrons. The third-order valence-electron chi connectivity index (χ3n) is 6.57. The number of guanidine groups is 1. The van der Waals surface area contributed by atoms with Crippen molar-refractivity contribution >= 4 is 40.8 Å². The lowest BCUT2D eigenvalue weighted by molar-refractivity contribution is 0.137. The number of hydrogen-bond donors (Lipinski definition) is 4. The predicted molar refractivity (Wildman–Crippen MR) is 146 cm³/mol. The van der Waals surface area contributed by atoms with E-state index in [1.54, 1.807) is 14.2 Å². The molecular formula is C25H41IN4O3. The van der Waals surface area contributed by atoms with E-state index in [0.717, 1.165) is 67.3 Å². The SMILES string of the molecule is CCNC(=NCC1(CCO)CCCCC1)NCCCc1cc2c(OC)cc(OC)cc2[nH]1.I. The second-order valence-electron chi connectivity index (χ2n) is 8.85. The number of aromatic nitrogens is 1. The number of H-pyrrole nitrogens is 1. The summed E-state index contributed by atoms with van der Waals surface area (Å²) in [5.74, 6) is 2.48. The van der Waals surface area contributed by atoms with Crippen molar-refractivity contribution in [3.05, 3.63) is 23.9 Å². The Bertz CT molecular complexity index is 872. The van der Waals surface area contributed by atoms with Crippen molar-refractivity contribution in [1.82, 2.24) is 15.6 Å². The number of aliphatic hydroxyl groups excluding tert-OH is 1. The Morgan fingerprint density at radius 1 is 1.12 bits per heavy atom. The number of aromatic amines is 1. The third-order valence-corrected chi connectivity index (χ3v) is 6.57. The van der Waals surface area contributed by atoms with Gasteiger partial charge in [-0.15, -0.1) is 24.0 Å². The van der Waals surface area contributed by atoms with Crippen LogP contribution in [0.5, 0.6) is 11.5 Å². The molecule has 2 aromatic rings. The fourth-order valence-corrected chi connectivity index (χ4v) is 4.76. The van der Waals surface area contributed by atoms with Crippen molar-refractivity contribution in [2.24, 2.45) is 10.4 Å². The minimum atomic E-state index is 0. The number of halogens is 1. The molecule has 33 heavy (non-hydrogen) atoms. The molecule has 186 valence electrons. The van der Waals surface area contributed by atoms with Gasteiger partial charge in [-0.25, -0.2) is 0 Å². The van der Waals surface area contributed by atoms with Crippen molar-refractivity contribution in [2.75, 3.05) is 40.5 Å². The second kappa shape index (κ2) is 13.9. The monoisotopic (exact) mass is 572 g/mol. The summed E-state index contributed by atoms with van der Waals surface area (Å²) in [6.45, 7) is 4.80. The van der Waals surface area contributed by atoms with E-state index >= 15 is 0 Å². The minimum Gasteiger partial charge on any atom is -0.497 e. The van der Waals surface area contributed by atoms with Gasteiger partial charge in [0, 0.05) is 49.5 Å². The summed E-state index contributed by atoms with van der Waals surface area (Å²) in [5.41, 5.74) is 2.37. The van der Waals surface area contributed by atoms with Crippen LogP contribution in [0.4, 0.5) is 0 Å². The molecule has 0 aliphatic heterocycles. The average molecular weight is 573 g/mol. The molecule has 0 unspecified atom stereocenters. The Balaban J connectivity index is 0.00000385. The lowest BCUT2D eigenvalue weighted by Crippen LogP contribution is -2.39. The quantitative estimate of drug-likeness (QED) is 0.137. The van der Waals surface area contributed by atoms with Crippen LogP contribution in [-0.4, -0.2) is 56.5 Å². The zero-order chi connectivity index (χ0) is 22.8. The first-order chi connectivity index (χ1) is 15.6. The van der Waals surface area contributed by atoms with E-state index in [9.17, 15) is 5.11 Å². The van der Waals surface area contributed by atoms with E-state index in [1.165, 1.54) is 37.8 Å². The number of aliphatic imine (C=N–C) groups is 1. The fraction of sp³-hybridized carbons (Fsp3) is 0.640. The number of hydrogen-bond acceptors (Lipinski definition) is 4. The van der Waals surface area contributed by atoms with Gasteiger partial charge in [-0.2, -0.15) is 0 Å². The standard InChI is InChI=1S/C25H40N4O3.HI/c1-4-26-24(28-18-25(12-14-30)10-6-5-7-11-25)27-13-8-9-19-15-21-22(29-19)16-20(31-2)17-23(21)32-3;/h15-17,29-30H,4-14,18H2,1-3H3,(H2,26,27,28);1H. The molecule has 1 aromatic heterocycles. The molecule has 4 N–H and O–H groups in total. The number of nitrogens with one attached hydrogen (secondary N) is 3. The van der Waals surface area contributed by atoms with Crippen LogP contribution in [0, 0.1) is 5.41 Å². The zero-order valence-electron chi connectivity index (χ0n) is 20.3. The van der Waals surface area contributed by atoms with Crippen LogP contribution in [0.25, 0.3) is 10.9 Å². The third kappa shape index (κ3) is 7.67. The summed E-state index contributed by atoms with van der Waals surface area (Å²) in [7, 11) is 3.35. The highest BCUT2D eigenvalue weighted by molar-refractivity contribution is 14.0. The number of nitrogens with zero attached hydrogens (tertiary/aromatic N) is 1. The summed E-state index contributed by atoms with van der Waals surface area (Å²) in [6.07, 6.45) is 8.92. The first-order valence-electron chi connectivity index (χ1n) is 12.0. The zero-order valence-corrected chi connectivity index (χ0v) is 22.7. The minimum absolute atomic E-state index is 0. The van der Waals surface area contributed by atoms with Gasteiger partial charge in [0.25, 0.3) is 0 Å². The summed E-state index contributed by atoms with van der Waals surface area (Å²) in [6, 6.07) is 6.08. The van der Waals surface area contributed by atoms with E-state index < -0.39 is 0 Å². The molecule has 8 heteroatoms. The molecule has 1 heterocycles. The van der Waals surface area contributed by atoms with E-state index in [-0.39, 0.29) is 36.0 Å². The van der Waals surface area contributed by atoms with Crippen molar-refractivity contribution in [1.29, 1.82) is 0 Å². The Morgan fingerprint density at radius 3 is 2.58 bits per heavy atom. The molecule has 0 spiro atoms.